The van der Waals surface area contributed by atoms with E-state index in [9.17, 15) is 0 Å². The molecule has 1 unspecified atom stereocenters. The Balaban J connectivity index is 2.89. The van der Waals surface area contributed by atoms with E-state index in [0.717, 1.165) is 30.6 Å². The van der Waals surface area contributed by atoms with Crippen molar-refractivity contribution in [1.82, 2.24) is 15.2 Å². The molecule has 0 aromatic carbocycles. The molecular formula is C15H28N4. The van der Waals surface area contributed by atoms with Crippen LogP contribution in [0.15, 0.2) is 18.5 Å². The highest BCUT2D eigenvalue weighted by Crippen LogP contribution is 2.21. The molecule has 4 heteroatoms. The largest absolute Gasteiger partial charge is 0.398 e. The average Bonchev–Trinajstić information content (AvgIpc) is 2.36. The number of anilines is 1. The van der Waals surface area contributed by atoms with Gasteiger partial charge in [-0.1, -0.05) is 6.92 Å². The Labute approximate surface area is 117 Å². The first-order chi connectivity index (χ1) is 8.89. The van der Waals surface area contributed by atoms with Gasteiger partial charge in [-0.25, -0.2) is 0 Å². The predicted octanol–water partition coefficient (Wildman–Crippen LogP) is 1.91. The molecule has 1 heterocycles. The van der Waals surface area contributed by atoms with Crippen LogP contribution in [0.4, 0.5) is 5.69 Å². The summed E-state index contributed by atoms with van der Waals surface area (Å²) in [5, 5.41) is 3.64. The summed E-state index contributed by atoms with van der Waals surface area (Å²) in [6.45, 7) is 7.72. The minimum Gasteiger partial charge on any atom is -0.398 e. The Morgan fingerprint density at radius 2 is 2.11 bits per heavy atom. The molecular weight excluding hydrogens is 236 g/mol. The molecule has 0 bridgehead atoms. The summed E-state index contributed by atoms with van der Waals surface area (Å²) in [5.41, 5.74) is 8.03. The molecule has 0 aliphatic rings. The van der Waals surface area contributed by atoms with Crippen molar-refractivity contribution in [2.45, 2.75) is 45.2 Å². The Hall–Kier alpha value is -1.13. The number of nitrogens with two attached hydrogens (primary N) is 1. The van der Waals surface area contributed by atoms with Crippen molar-refractivity contribution in [3.63, 3.8) is 0 Å². The van der Waals surface area contributed by atoms with Crippen LogP contribution in [0.3, 0.4) is 0 Å². The van der Waals surface area contributed by atoms with Crippen molar-refractivity contribution in [2.24, 2.45) is 0 Å². The van der Waals surface area contributed by atoms with Crippen LogP contribution in [0, 0.1) is 0 Å². The number of nitrogens with one attached hydrogen (secondary N) is 1. The van der Waals surface area contributed by atoms with Gasteiger partial charge in [-0.2, -0.15) is 0 Å². The van der Waals surface area contributed by atoms with Gasteiger partial charge in [0.25, 0.3) is 0 Å². The minimum absolute atomic E-state index is 0.0530. The number of pyridine rings is 1. The first-order valence-corrected chi connectivity index (χ1v) is 6.98. The minimum atomic E-state index is 0.0530. The van der Waals surface area contributed by atoms with Crippen LogP contribution >= 0.6 is 0 Å². The summed E-state index contributed by atoms with van der Waals surface area (Å²) in [4.78, 5) is 6.44. The van der Waals surface area contributed by atoms with E-state index in [1.807, 2.05) is 12.3 Å². The lowest BCUT2D eigenvalue weighted by atomic mass is 9.88. The Morgan fingerprint density at radius 3 is 2.63 bits per heavy atom. The van der Waals surface area contributed by atoms with E-state index >= 15 is 0 Å². The van der Waals surface area contributed by atoms with E-state index < -0.39 is 0 Å². The van der Waals surface area contributed by atoms with Crippen LogP contribution < -0.4 is 11.1 Å². The molecule has 0 spiro atoms. The maximum atomic E-state index is 6.04. The number of hydrogen-bond acceptors (Lipinski definition) is 4. The SMILES string of the molecule is CCCNC(Cc1cnccc1N)C(C)(C)N(C)C. The normalized spacial score (nSPS) is 13.8. The fourth-order valence-corrected chi connectivity index (χ4v) is 2.03. The van der Waals surface area contributed by atoms with E-state index in [0.29, 0.717) is 6.04 Å². The summed E-state index contributed by atoms with van der Waals surface area (Å²) in [6, 6.07) is 2.21. The number of hydrogen-bond donors (Lipinski definition) is 2. The monoisotopic (exact) mass is 264 g/mol. The van der Waals surface area contributed by atoms with Gasteiger partial charge in [-0.05, 0) is 59.0 Å². The summed E-state index contributed by atoms with van der Waals surface area (Å²) in [5.74, 6) is 0. The molecule has 3 N–H and O–H groups in total. The van der Waals surface area contributed by atoms with Crippen molar-refractivity contribution < 1.29 is 0 Å². The molecule has 0 aliphatic heterocycles. The zero-order valence-corrected chi connectivity index (χ0v) is 12.9. The lowest BCUT2D eigenvalue weighted by Gasteiger charge is -2.41. The van der Waals surface area contributed by atoms with E-state index in [1.165, 1.54) is 0 Å². The van der Waals surface area contributed by atoms with E-state index in [-0.39, 0.29) is 5.54 Å². The number of nitrogens with zero attached hydrogens (tertiary/aromatic N) is 2. The van der Waals surface area contributed by atoms with Gasteiger partial charge in [-0.3, -0.25) is 4.98 Å². The van der Waals surface area contributed by atoms with Gasteiger partial charge >= 0.3 is 0 Å². The van der Waals surface area contributed by atoms with E-state index in [1.54, 1.807) is 6.20 Å². The molecule has 0 amide bonds. The Kier molecular flexibility index (Phi) is 5.76. The van der Waals surface area contributed by atoms with Gasteiger partial charge in [0, 0.05) is 29.7 Å². The van der Waals surface area contributed by atoms with Crippen LogP contribution in [-0.4, -0.2) is 42.1 Å². The number of nitrogen functional groups attached to an aromatic ring is 1. The van der Waals surface area contributed by atoms with E-state index in [4.69, 9.17) is 5.73 Å². The zero-order valence-electron chi connectivity index (χ0n) is 12.9. The number of aromatic nitrogens is 1. The highest BCUT2D eigenvalue weighted by Gasteiger charge is 2.31. The number of rotatable bonds is 7. The van der Waals surface area contributed by atoms with Gasteiger partial charge in [0.15, 0.2) is 0 Å². The molecule has 108 valence electrons. The lowest BCUT2D eigenvalue weighted by molar-refractivity contribution is 0.137. The molecule has 4 nitrogen and oxygen atoms in total. The van der Waals surface area contributed by atoms with Crippen LogP contribution in [0.1, 0.15) is 32.8 Å². The molecule has 0 saturated heterocycles. The smallest absolute Gasteiger partial charge is 0.0378 e. The van der Waals surface area contributed by atoms with Gasteiger partial charge in [0.1, 0.15) is 0 Å². The van der Waals surface area contributed by atoms with Crippen LogP contribution in [-0.2, 0) is 6.42 Å². The second-order valence-electron chi connectivity index (χ2n) is 5.83. The predicted molar refractivity (Wildman–Crippen MR) is 82.2 cm³/mol. The van der Waals surface area contributed by atoms with Gasteiger partial charge in [0.2, 0.25) is 0 Å². The summed E-state index contributed by atoms with van der Waals surface area (Å²) >= 11 is 0. The van der Waals surface area contributed by atoms with Gasteiger partial charge in [0.05, 0.1) is 0 Å². The second-order valence-corrected chi connectivity index (χ2v) is 5.83. The zero-order chi connectivity index (χ0) is 14.5. The summed E-state index contributed by atoms with van der Waals surface area (Å²) in [6.07, 6.45) is 5.64. The lowest BCUT2D eigenvalue weighted by Crippen LogP contribution is -2.56. The molecule has 19 heavy (non-hydrogen) atoms. The quantitative estimate of drug-likeness (QED) is 0.790. The Morgan fingerprint density at radius 1 is 1.42 bits per heavy atom. The second kappa shape index (κ2) is 6.87. The highest BCUT2D eigenvalue weighted by molar-refractivity contribution is 5.44. The molecule has 0 radical (unpaired) electrons. The molecule has 1 atom stereocenters. The molecule has 1 aromatic rings. The van der Waals surface area contributed by atoms with Gasteiger partial charge < -0.3 is 16.0 Å². The summed E-state index contributed by atoms with van der Waals surface area (Å²) < 4.78 is 0. The molecule has 0 fully saturated rings. The van der Waals surface area contributed by atoms with Crippen molar-refractivity contribution in [2.75, 3.05) is 26.4 Å². The third-order valence-corrected chi connectivity index (χ3v) is 4.01. The maximum Gasteiger partial charge on any atom is 0.0378 e. The van der Waals surface area contributed by atoms with Crippen molar-refractivity contribution in [1.29, 1.82) is 0 Å². The summed E-state index contributed by atoms with van der Waals surface area (Å²) in [7, 11) is 4.24. The van der Waals surface area contributed by atoms with Gasteiger partial charge in [-0.15, -0.1) is 0 Å². The molecule has 1 rings (SSSR count). The average molecular weight is 264 g/mol. The van der Waals surface area contributed by atoms with Crippen molar-refractivity contribution >= 4 is 5.69 Å². The first kappa shape index (κ1) is 15.9. The fourth-order valence-electron chi connectivity index (χ4n) is 2.03. The first-order valence-electron chi connectivity index (χ1n) is 6.98. The van der Waals surface area contributed by atoms with E-state index in [2.05, 4.69) is 50.1 Å². The van der Waals surface area contributed by atoms with Crippen molar-refractivity contribution in [3.05, 3.63) is 24.0 Å². The molecule has 1 aromatic heterocycles. The van der Waals surface area contributed by atoms with Crippen LogP contribution in [0.25, 0.3) is 0 Å². The fraction of sp³-hybridized carbons (Fsp3) is 0.667. The Bertz CT molecular complexity index is 387. The van der Waals surface area contributed by atoms with Crippen molar-refractivity contribution in [3.8, 4) is 0 Å². The standard InChI is InChI=1S/C15H28N4/c1-6-8-18-14(15(2,3)19(4)5)10-12-11-17-9-7-13(12)16/h7,9,11,14,18H,6,8,10H2,1-5H3,(H2,16,17). The topological polar surface area (TPSA) is 54.2 Å². The molecule has 0 saturated carbocycles. The molecule has 0 aliphatic carbocycles. The van der Waals surface area contributed by atoms with Crippen LogP contribution in [0.2, 0.25) is 0 Å². The highest BCUT2D eigenvalue weighted by atomic mass is 15.2. The third-order valence-electron chi connectivity index (χ3n) is 4.01. The van der Waals surface area contributed by atoms with Crippen LogP contribution in [0.5, 0.6) is 0 Å². The maximum absolute atomic E-state index is 6.04. The third kappa shape index (κ3) is 4.18. The number of likely N-dealkylation sites (N-methyl/N-ethyl adjacent to an activating group) is 1.